The highest BCUT2D eigenvalue weighted by Crippen LogP contribution is 2.21. The largest absolute Gasteiger partial charge is 0.384 e. The molecule has 6 nitrogen and oxygen atoms in total. The Kier molecular flexibility index (Phi) is 7.71. The van der Waals surface area contributed by atoms with Crippen LogP contribution in [0.4, 0.5) is 0 Å². The van der Waals surface area contributed by atoms with E-state index in [1.807, 2.05) is 4.90 Å². The highest BCUT2D eigenvalue weighted by molar-refractivity contribution is 5.86. The van der Waals surface area contributed by atoms with E-state index in [4.69, 9.17) is 4.74 Å². The first-order chi connectivity index (χ1) is 13.7. The van der Waals surface area contributed by atoms with E-state index in [-0.39, 0.29) is 5.91 Å². The summed E-state index contributed by atoms with van der Waals surface area (Å²) in [5, 5.41) is 3.27. The number of carbonyl (C=O) groups excluding carboxylic acids is 1. The normalized spacial score (nSPS) is 21.2. The summed E-state index contributed by atoms with van der Waals surface area (Å²) in [5.41, 5.74) is 1.40. The molecule has 0 spiro atoms. The van der Waals surface area contributed by atoms with Gasteiger partial charge < -0.3 is 19.9 Å². The van der Waals surface area contributed by atoms with Crippen LogP contribution in [0.25, 0.3) is 0 Å². The number of amides is 1. The molecule has 0 aliphatic carbocycles. The van der Waals surface area contributed by atoms with Crippen LogP contribution in [0.15, 0.2) is 35.3 Å². The summed E-state index contributed by atoms with van der Waals surface area (Å²) in [6.45, 7) is 4.72. The Labute approximate surface area is 168 Å². The first-order valence-corrected chi connectivity index (χ1v) is 10.5. The van der Waals surface area contributed by atoms with Gasteiger partial charge in [0.05, 0.1) is 13.2 Å². The predicted octanol–water partition coefficient (Wildman–Crippen LogP) is 2.01. The number of methoxy groups -OCH3 is 1. The quantitative estimate of drug-likeness (QED) is 0.600. The number of piperidine rings is 1. The van der Waals surface area contributed by atoms with E-state index in [0.717, 1.165) is 64.4 Å². The second-order valence-electron chi connectivity index (χ2n) is 7.97. The minimum atomic E-state index is 0.173. The number of carbonyl (C=O) groups is 1. The van der Waals surface area contributed by atoms with Crippen LogP contribution in [0, 0.1) is 11.8 Å². The smallest absolute Gasteiger partial charge is 0.241 e. The van der Waals surface area contributed by atoms with Crippen molar-refractivity contribution in [1.29, 1.82) is 0 Å². The molecule has 1 unspecified atom stereocenters. The monoisotopic (exact) mass is 386 g/mol. The van der Waals surface area contributed by atoms with Gasteiger partial charge in [-0.1, -0.05) is 30.3 Å². The van der Waals surface area contributed by atoms with Crippen LogP contribution in [-0.2, 0) is 16.0 Å². The zero-order chi connectivity index (χ0) is 19.8. The Morgan fingerprint density at radius 2 is 1.79 bits per heavy atom. The van der Waals surface area contributed by atoms with Crippen molar-refractivity contribution >= 4 is 11.9 Å². The van der Waals surface area contributed by atoms with E-state index in [1.54, 1.807) is 14.2 Å². The molecule has 28 heavy (non-hydrogen) atoms. The molecule has 1 aromatic rings. The first kappa shape index (κ1) is 20.6. The lowest BCUT2D eigenvalue weighted by Crippen LogP contribution is -2.47. The lowest BCUT2D eigenvalue weighted by molar-refractivity contribution is -0.131. The molecule has 1 amide bonds. The van der Waals surface area contributed by atoms with Crippen molar-refractivity contribution in [2.45, 2.75) is 25.7 Å². The molecule has 2 fully saturated rings. The third-order valence-electron chi connectivity index (χ3n) is 5.93. The summed E-state index contributed by atoms with van der Waals surface area (Å²) in [6.07, 6.45) is 4.39. The van der Waals surface area contributed by atoms with Crippen LogP contribution in [-0.4, -0.2) is 75.2 Å². The highest BCUT2D eigenvalue weighted by Gasteiger charge is 2.26. The summed E-state index contributed by atoms with van der Waals surface area (Å²) >= 11 is 0. The molecule has 3 rings (SSSR count). The number of ether oxygens (including phenoxy) is 1. The molecule has 154 valence electrons. The number of nitrogens with one attached hydrogen (secondary N) is 1. The summed E-state index contributed by atoms with van der Waals surface area (Å²) in [4.78, 5) is 21.2. The van der Waals surface area contributed by atoms with Crippen molar-refractivity contribution in [1.82, 2.24) is 15.1 Å². The van der Waals surface area contributed by atoms with Gasteiger partial charge in [-0.2, -0.15) is 0 Å². The van der Waals surface area contributed by atoms with Gasteiger partial charge in [0.15, 0.2) is 5.96 Å². The van der Waals surface area contributed by atoms with Crippen molar-refractivity contribution in [3.63, 3.8) is 0 Å². The van der Waals surface area contributed by atoms with E-state index in [2.05, 4.69) is 45.5 Å². The Hall–Kier alpha value is -2.08. The van der Waals surface area contributed by atoms with Crippen LogP contribution in [0.2, 0.25) is 0 Å². The summed E-state index contributed by atoms with van der Waals surface area (Å²) < 4.78 is 5.26. The molecule has 1 atom stereocenters. The molecule has 2 saturated heterocycles. The third kappa shape index (κ3) is 5.71. The Balaban J connectivity index is 1.39. The highest BCUT2D eigenvalue weighted by atomic mass is 16.5. The van der Waals surface area contributed by atoms with Gasteiger partial charge >= 0.3 is 0 Å². The van der Waals surface area contributed by atoms with Crippen LogP contribution in [0.5, 0.6) is 0 Å². The number of hydrogen-bond acceptors (Lipinski definition) is 3. The Morgan fingerprint density at radius 3 is 2.46 bits per heavy atom. The third-order valence-corrected chi connectivity index (χ3v) is 5.93. The molecular weight excluding hydrogens is 352 g/mol. The summed E-state index contributed by atoms with van der Waals surface area (Å²) in [6, 6.07) is 10.7. The molecular formula is C22H34N4O2. The van der Waals surface area contributed by atoms with Crippen molar-refractivity contribution in [3.05, 3.63) is 35.9 Å². The number of benzene rings is 1. The molecule has 0 bridgehead atoms. The fraction of sp³-hybridized carbons (Fsp3) is 0.636. The molecule has 6 heteroatoms. The zero-order valence-corrected chi connectivity index (χ0v) is 17.3. The standard InChI is InChI=1S/C22H34N4O2/c1-23-22(26-13-10-20(16-26)17-28-2)24-15-21(27)25-11-8-19(9-12-25)14-18-6-4-3-5-7-18/h3-7,19-20H,8-17H2,1-2H3,(H,23,24). The SMILES string of the molecule is CN=C(NCC(=O)N1CCC(Cc2ccccc2)CC1)N1CCC(COC)C1. The van der Waals surface area contributed by atoms with Gasteiger partial charge in [0.25, 0.3) is 0 Å². The topological polar surface area (TPSA) is 57.2 Å². The second-order valence-corrected chi connectivity index (χ2v) is 7.97. The molecule has 0 saturated carbocycles. The number of nitrogens with zero attached hydrogens (tertiary/aromatic N) is 3. The second kappa shape index (κ2) is 10.5. The van der Waals surface area contributed by atoms with E-state index < -0.39 is 0 Å². The average molecular weight is 387 g/mol. The Bertz CT molecular complexity index is 641. The van der Waals surface area contributed by atoms with Crippen LogP contribution in [0.1, 0.15) is 24.8 Å². The lowest BCUT2D eigenvalue weighted by Gasteiger charge is -2.32. The van der Waals surface area contributed by atoms with E-state index in [0.29, 0.717) is 18.4 Å². The lowest BCUT2D eigenvalue weighted by atomic mass is 9.90. The van der Waals surface area contributed by atoms with Crippen molar-refractivity contribution in [2.24, 2.45) is 16.8 Å². The van der Waals surface area contributed by atoms with Gasteiger partial charge in [-0.05, 0) is 37.2 Å². The van der Waals surface area contributed by atoms with E-state index in [9.17, 15) is 4.79 Å². The van der Waals surface area contributed by atoms with E-state index in [1.165, 1.54) is 5.56 Å². The van der Waals surface area contributed by atoms with Gasteiger partial charge in [-0.25, -0.2) is 0 Å². The molecule has 1 aromatic carbocycles. The summed E-state index contributed by atoms with van der Waals surface area (Å²) in [5.74, 6) is 2.22. The minimum Gasteiger partial charge on any atom is -0.384 e. The molecule has 2 aliphatic heterocycles. The zero-order valence-electron chi connectivity index (χ0n) is 17.3. The number of rotatable bonds is 6. The molecule has 1 N–H and O–H groups in total. The van der Waals surface area contributed by atoms with Crippen molar-refractivity contribution < 1.29 is 9.53 Å². The van der Waals surface area contributed by atoms with Gasteiger partial charge in [0, 0.05) is 46.3 Å². The van der Waals surface area contributed by atoms with Gasteiger partial charge in [0.2, 0.25) is 5.91 Å². The number of hydrogen-bond donors (Lipinski definition) is 1. The minimum absolute atomic E-state index is 0.173. The molecule has 2 heterocycles. The fourth-order valence-corrected chi connectivity index (χ4v) is 4.33. The van der Waals surface area contributed by atoms with Crippen molar-refractivity contribution in [3.8, 4) is 0 Å². The van der Waals surface area contributed by atoms with Gasteiger partial charge in [0.1, 0.15) is 0 Å². The maximum atomic E-state index is 12.6. The maximum Gasteiger partial charge on any atom is 0.241 e. The average Bonchev–Trinajstić information content (AvgIpc) is 3.18. The van der Waals surface area contributed by atoms with Crippen molar-refractivity contribution in [2.75, 3.05) is 53.5 Å². The van der Waals surface area contributed by atoms with Crippen LogP contribution >= 0.6 is 0 Å². The fourth-order valence-electron chi connectivity index (χ4n) is 4.33. The number of guanidine groups is 1. The maximum absolute atomic E-state index is 12.6. The van der Waals surface area contributed by atoms with Crippen LogP contribution in [0.3, 0.4) is 0 Å². The summed E-state index contributed by atoms with van der Waals surface area (Å²) in [7, 11) is 3.53. The predicted molar refractivity (Wildman–Crippen MR) is 112 cm³/mol. The van der Waals surface area contributed by atoms with E-state index >= 15 is 0 Å². The number of likely N-dealkylation sites (tertiary alicyclic amines) is 2. The molecule has 0 aromatic heterocycles. The first-order valence-electron chi connectivity index (χ1n) is 10.5. The molecule has 2 aliphatic rings. The molecule has 0 radical (unpaired) electrons. The number of aliphatic imine (C=N–C) groups is 1. The van der Waals surface area contributed by atoms with Gasteiger partial charge in [-0.15, -0.1) is 0 Å². The van der Waals surface area contributed by atoms with Crippen LogP contribution < -0.4 is 5.32 Å². The van der Waals surface area contributed by atoms with Gasteiger partial charge in [-0.3, -0.25) is 9.79 Å². The Morgan fingerprint density at radius 1 is 1.11 bits per heavy atom.